The van der Waals surface area contributed by atoms with Crippen LogP contribution in [0, 0.1) is 6.92 Å². The van der Waals surface area contributed by atoms with Crippen LogP contribution in [0.1, 0.15) is 33.2 Å². The van der Waals surface area contributed by atoms with E-state index >= 15 is 0 Å². The molecule has 2 amide bonds. The highest BCUT2D eigenvalue weighted by Crippen LogP contribution is 2.21. The number of hydrogen-bond donors (Lipinski definition) is 1. The Labute approximate surface area is 202 Å². The Balaban J connectivity index is 1.21. The quantitative estimate of drug-likeness (QED) is 0.538. The number of halogens is 1. The minimum atomic E-state index is -0.262. The molecule has 0 spiro atoms. The lowest BCUT2D eigenvalue weighted by Gasteiger charge is -2.36. The number of benzene rings is 2. The van der Waals surface area contributed by atoms with Crippen molar-refractivity contribution in [1.82, 2.24) is 15.1 Å². The fraction of sp³-hybridized carbons (Fsp3) is 0.333. The normalized spacial score (nSPS) is 13.8. The Morgan fingerprint density at radius 1 is 1.06 bits per heavy atom. The Morgan fingerprint density at radius 2 is 1.85 bits per heavy atom. The smallest absolute Gasteiger partial charge is 0.286 e. The summed E-state index contributed by atoms with van der Waals surface area (Å²) in [6.45, 7) is 4.93. The number of aromatic nitrogens is 2. The molecule has 0 aliphatic carbocycles. The number of carbonyl (C=O) groups is 2. The summed E-state index contributed by atoms with van der Waals surface area (Å²) in [6.07, 6.45) is 1.77. The SMILES string of the molecule is Cc1ccccc1NC(=O)c1nnc(CCCC(=O)N2CCN(c3cccc(Cl)c3)CC2)s1. The molecule has 1 aliphatic rings. The number of para-hydroxylation sites is 1. The molecule has 2 heterocycles. The zero-order chi connectivity index (χ0) is 23.2. The summed E-state index contributed by atoms with van der Waals surface area (Å²) in [5.74, 6) is -0.107. The van der Waals surface area contributed by atoms with Crippen LogP contribution in [0.3, 0.4) is 0 Å². The van der Waals surface area contributed by atoms with Gasteiger partial charge in [0, 0.05) is 55.4 Å². The fourth-order valence-electron chi connectivity index (χ4n) is 3.77. The summed E-state index contributed by atoms with van der Waals surface area (Å²) in [7, 11) is 0. The number of rotatable bonds is 7. The first-order valence-electron chi connectivity index (χ1n) is 11.0. The average Bonchev–Trinajstić information content (AvgIpc) is 3.30. The lowest BCUT2D eigenvalue weighted by molar-refractivity contribution is -0.131. The zero-order valence-electron chi connectivity index (χ0n) is 18.5. The zero-order valence-corrected chi connectivity index (χ0v) is 20.0. The molecule has 0 saturated carbocycles. The number of carbonyl (C=O) groups excluding carboxylic acids is 2. The Kier molecular flexibility index (Phi) is 7.57. The second kappa shape index (κ2) is 10.8. The number of nitrogens with one attached hydrogen (secondary N) is 1. The molecule has 2 aromatic carbocycles. The Morgan fingerprint density at radius 3 is 2.61 bits per heavy atom. The van der Waals surface area contributed by atoms with Crippen molar-refractivity contribution in [1.29, 1.82) is 0 Å². The van der Waals surface area contributed by atoms with Gasteiger partial charge in [-0.05, 0) is 43.2 Å². The number of piperazine rings is 1. The van der Waals surface area contributed by atoms with Crippen LogP contribution in [0.5, 0.6) is 0 Å². The number of nitrogens with zero attached hydrogens (tertiary/aromatic N) is 4. The van der Waals surface area contributed by atoms with Crippen molar-refractivity contribution in [2.24, 2.45) is 0 Å². The molecule has 0 radical (unpaired) electrons. The van der Waals surface area contributed by atoms with E-state index < -0.39 is 0 Å². The van der Waals surface area contributed by atoms with E-state index in [1.165, 1.54) is 11.3 Å². The topological polar surface area (TPSA) is 78.4 Å². The molecule has 1 saturated heterocycles. The predicted octanol–water partition coefficient (Wildman–Crippen LogP) is 4.42. The van der Waals surface area contributed by atoms with Gasteiger partial charge in [-0.1, -0.05) is 47.2 Å². The highest BCUT2D eigenvalue weighted by Gasteiger charge is 2.21. The molecule has 1 fully saturated rings. The highest BCUT2D eigenvalue weighted by atomic mass is 35.5. The second-order valence-electron chi connectivity index (χ2n) is 7.97. The predicted molar refractivity (Wildman–Crippen MR) is 132 cm³/mol. The van der Waals surface area contributed by atoms with Gasteiger partial charge in [0.15, 0.2) is 0 Å². The third-order valence-electron chi connectivity index (χ3n) is 5.64. The van der Waals surface area contributed by atoms with E-state index in [0.29, 0.717) is 37.4 Å². The monoisotopic (exact) mass is 483 g/mol. The molecule has 9 heteroatoms. The first kappa shape index (κ1) is 23.2. The lowest BCUT2D eigenvalue weighted by atomic mass is 10.2. The molecule has 3 aromatic rings. The average molecular weight is 484 g/mol. The van der Waals surface area contributed by atoms with Gasteiger partial charge in [-0.2, -0.15) is 0 Å². The molecule has 172 valence electrons. The fourth-order valence-corrected chi connectivity index (χ4v) is 4.73. The molecule has 7 nitrogen and oxygen atoms in total. The van der Waals surface area contributed by atoms with E-state index in [4.69, 9.17) is 11.6 Å². The van der Waals surface area contributed by atoms with Crippen LogP contribution in [0.25, 0.3) is 0 Å². The molecule has 33 heavy (non-hydrogen) atoms. The van der Waals surface area contributed by atoms with Crippen molar-refractivity contribution in [3.05, 3.63) is 69.1 Å². The lowest BCUT2D eigenvalue weighted by Crippen LogP contribution is -2.48. The van der Waals surface area contributed by atoms with E-state index in [0.717, 1.165) is 40.1 Å². The first-order chi connectivity index (χ1) is 16.0. The van der Waals surface area contributed by atoms with Gasteiger partial charge in [0.25, 0.3) is 5.91 Å². The third kappa shape index (κ3) is 6.09. The van der Waals surface area contributed by atoms with Crippen molar-refractivity contribution in [3.63, 3.8) is 0 Å². The molecule has 0 unspecified atom stereocenters. The summed E-state index contributed by atoms with van der Waals surface area (Å²) in [4.78, 5) is 29.2. The Bertz CT molecular complexity index is 1130. The van der Waals surface area contributed by atoms with Gasteiger partial charge in [0.1, 0.15) is 5.01 Å². The summed E-state index contributed by atoms with van der Waals surface area (Å²) in [5.41, 5.74) is 2.84. The van der Waals surface area contributed by atoms with Crippen LogP contribution < -0.4 is 10.2 Å². The standard InChI is InChI=1S/C24H26ClN5O2S/c1-17-6-2-3-9-20(17)26-23(32)24-28-27-21(33-24)10-5-11-22(31)30-14-12-29(13-15-30)19-8-4-7-18(25)16-19/h2-4,6-9,16H,5,10-15H2,1H3,(H,26,32). The van der Waals surface area contributed by atoms with Crippen molar-refractivity contribution < 1.29 is 9.59 Å². The first-order valence-corrected chi connectivity index (χ1v) is 12.2. The van der Waals surface area contributed by atoms with Crippen molar-refractivity contribution >= 4 is 46.1 Å². The number of anilines is 2. The van der Waals surface area contributed by atoms with Crippen LogP contribution >= 0.6 is 22.9 Å². The molecular formula is C24H26ClN5O2S. The van der Waals surface area contributed by atoms with Crippen molar-refractivity contribution in [2.75, 3.05) is 36.4 Å². The van der Waals surface area contributed by atoms with Gasteiger partial charge in [0.05, 0.1) is 0 Å². The molecular weight excluding hydrogens is 458 g/mol. The van der Waals surface area contributed by atoms with E-state index in [9.17, 15) is 9.59 Å². The third-order valence-corrected chi connectivity index (χ3v) is 6.86. The van der Waals surface area contributed by atoms with Gasteiger partial charge in [-0.15, -0.1) is 10.2 Å². The molecule has 1 aromatic heterocycles. The van der Waals surface area contributed by atoms with Gasteiger partial charge in [-0.3, -0.25) is 9.59 Å². The minimum absolute atomic E-state index is 0.155. The molecule has 1 N–H and O–H groups in total. The van der Waals surface area contributed by atoms with Gasteiger partial charge in [0.2, 0.25) is 10.9 Å². The van der Waals surface area contributed by atoms with Gasteiger partial charge < -0.3 is 15.1 Å². The van der Waals surface area contributed by atoms with E-state index in [-0.39, 0.29) is 11.8 Å². The Hall–Kier alpha value is -2.97. The molecule has 0 bridgehead atoms. The number of hydrogen-bond acceptors (Lipinski definition) is 6. The summed E-state index contributed by atoms with van der Waals surface area (Å²) in [5, 5.41) is 12.8. The van der Waals surface area contributed by atoms with Crippen LogP contribution in [0.4, 0.5) is 11.4 Å². The van der Waals surface area contributed by atoms with Gasteiger partial charge >= 0.3 is 0 Å². The van der Waals surface area contributed by atoms with Crippen LogP contribution in [0.15, 0.2) is 48.5 Å². The summed E-state index contributed by atoms with van der Waals surface area (Å²) >= 11 is 7.37. The molecule has 1 aliphatic heterocycles. The highest BCUT2D eigenvalue weighted by molar-refractivity contribution is 7.13. The van der Waals surface area contributed by atoms with E-state index in [1.807, 2.05) is 60.4 Å². The molecule has 0 atom stereocenters. The van der Waals surface area contributed by atoms with Gasteiger partial charge in [-0.25, -0.2) is 0 Å². The number of amides is 2. The number of aryl methyl sites for hydroxylation is 2. The van der Waals surface area contributed by atoms with Crippen molar-refractivity contribution in [2.45, 2.75) is 26.2 Å². The maximum Gasteiger partial charge on any atom is 0.286 e. The maximum atomic E-state index is 12.6. The summed E-state index contributed by atoms with van der Waals surface area (Å²) in [6, 6.07) is 15.4. The summed E-state index contributed by atoms with van der Waals surface area (Å²) < 4.78 is 0. The van der Waals surface area contributed by atoms with E-state index in [2.05, 4.69) is 20.4 Å². The largest absolute Gasteiger partial charge is 0.368 e. The van der Waals surface area contributed by atoms with E-state index in [1.54, 1.807) is 0 Å². The maximum absolute atomic E-state index is 12.6. The minimum Gasteiger partial charge on any atom is -0.368 e. The molecule has 4 rings (SSSR count). The van der Waals surface area contributed by atoms with Crippen molar-refractivity contribution in [3.8, 4) is 0 Å². The van der Waals surface area contributed by atoms with Crippen LogP contribution in [-0.4, -0.2) is 53.1 Å². The van der Waals surface area contributed by atoms with Crippen LogP contribution in [0.2, 0.25) is 5.02 Å². The second-order valence-corrected chi connectivity index (χ2v) is 9.47. The van der Waals surface area contributed by atoms with Crippen LogP contribution in [-0.2, 0) is 11.2 Å².